The number of aromatic nitrogens is 3. The first kappa shape index (κ1) is 20.6. The fourth-order valence-electron chi connectivity index (χ4n) is 3.05. The van der Waals surface area contributed by atoms with Gasteiger partial charge in [-0.05, 0) is 12.0 Å². The molecule has 2 aromatic rings. The van der Waals surface area contributed by atoms with E-state index < -0.39 is 0 Å². The summed E-state index contributed by atoms with van der Waals surface area (Å²) in [5.41, 5.74) is 1.22. The van der Waals surface area contributed by atoms with Crippen LogP contribution in [0.3, 0.4) is 0 Å². The van der Waals surface area contributed by atoms with Gasteiger partial charge in [-0.25, -0.2) is 4.98 Å². The molecule has 1 aliphatic heterocycles. The largest absolute Gasteiger partial charge is 0.376 e. The lowest BCUT2D eigenvalue weighted by atomic mass is 10.1. The van der Waals surface area contributed by atoms with Crippen molar-refractivity contribution in [3.8, 4) is 0 Å². The first-order valence-corrected chi connectivity index (χ1v) is 8.66. The van der Waals surface area contributed by atoms with E-state index in [-0.39, 0.29) is 24.0 Å². The van der Waals surface area contributed by atoms with Gasteiger partial charge in [0.25, 0.3) is 0 Å². The van der Waals surface area contributed by atoms with Gasteiger partial charge < -0.3 is 15.0 Å². The van der Waals surface area contributed by atoms with Crippen LogP contribution in [-0.4, -0.2) is 52.4 Å². The molecule has 1 saturated heterocycles. The summed E-state index contributed by atoms with van der Waals surface area (Å²) >= 11 is 0. The van der Waals surface area contributed by atoms with Crippen LogP contribution < -0.4 is 5.32 Å². The number of halogens is 1. The Morgan fingerprint density at radius 2 is 2.15 bits per heavy atom. The second-order valence-electron chi connectivity index (χ2n) is 6.30. The van der Waals surface area contributed by atoms with Gasteiger partial charge in [0, 0.05) is 33.1 Å². The Bertz CT molecular complexity index is 690. The third kappa shape index (κ3) is 5.66. The highest BCUT2D eigenvalue weighted by Gasteiger charge is 2.25. The molecule has 0 aliphatic carbocycles. The van der Waals surface area contributed by atoms with Crippen molar-refractivity contribution in [2.45, 2.75) is 19.6 Å². The van der Waals surface area contributed by atoms with Crippen molar-refractivity contribution in [2.75, 3.05) is 26.7 Å². The zero-order chi connectivity index (χ0) is 17.5. The molecule has 0 spiro atoms. The lowest BCUT2D eigenvalue weighted by Gasteiger charge is -2.21. The molecule has 7 nitrogen and oxygen atoms in total. The molecular formula is C18H27IN6O. The van der Waals surface area contributed by atoms with Crippen LogP contribution in [-0.2, 0) is 24.9 Å². The van der Waals surface area contributed by atoms with E-state index in [0.29, 0.717) is 19.1 Å². The molecule has 1 aromatic heterocycles. The summed E-state index contributed by atoms with van der Waals surface area (Å²) in [4.78, 5) is 10.9. The minimum absolute atomic E-state index is 0. The lowest BCUT2D eigenvalue weighted by molar-refractivity contribution is 0.0906. The average Bonchev–Trinajstić information content (AvgIpc) is 3.26. The van der Waals surface area contributed by atoms with Crippen LogP contribution in [0.2, 0.25) is 0 Å². The Morgan fingerprint density at radius 3 is 2.85 bits per heavy atom. The van der Waals surface area contributed by atoms with Crippen molar-refractivity contribution < 1.29 is 4.74 Å². The van der Waals surface area contributed by atoms with E-state index in [4.69, 9.17) is 4.74 Å². The molecule has 8 heteroatoms. The van der Waals surface area contributed by atoms with Crippen LogP contribution in [0.1, 0.15) is 17.8 Å². The van der Waals surface area contributed by atoms with Crippen molar-refractivity contribution in [1.82, 2.24) is 25.0 Å². The molecule has 1 atom stereocenters. The molecule has 1 fully saturated rings. The van der Waals surface area contributed by atoms with Gasteiger partial charge in [-0.15, -0.1) is 24.0 Å². The van der Waals surface area contributed by atoms with Gasteiger partial charge in [0.15, 0.2) is 5.96 Å². The SMILES string of the molecule is CN=C(NCc1ncnn1C)N1CCC(COCc2ccccc2)C1.I. The summed E-state index contributed by atoms with van der Waals surface area (Å²) in [5.74, 6) is 2.34. The van der Waals surface area contributed by atoms with Gasteiger partial charge >= 0.3 is 0 Å². The Balaban J connectivity index is 0.00000243. The van der Waals surface area contributed by atoms with Crippen molar-refractivity contribution in [1.29, 1.82) is 0 Å². The predicted octanol–water partition coefficient (Wildman–Crippen LogP) is 2.05. The number of likely N-dealkylation sites (tertiary alicyclic amines) is 1. The van der Waals surface area contributed by atoms with E-state index in [0.717, 1.165) is 37.9 Å². The zero-order valence-electron chi connectivity index (χ0n) is 15.3. The first-order chi connectivity index (χ1) is 12.3. The molecule has 1 unspecified atom stereocenters. The van der Waals surface area contributed by atoms with Gasteiger partial charge in [-0.3, -0.25) is 9.67 Å². The van der Waals surface area contributed by atoms with Crippen LogP contribution in [0.25, 0.3) is 0 Å². The van der Waals surface area contributed by atoms with Crippen LogP contribution in [0.5, 0.6) is 0 Å². The minimum atomic E-state index is 0. The summed E-state index contributed by atoms with van der Waals surface area (Å²) in [6.07, 6.45) is 2.69. The molecule has 0 bridgehead atoms. The smallest absolute Gasteiger partial charge is 0.194 e. The highest BCUT2D eigenvalue weighted by molar-refractivity contribution is 14.0. The van der Waals surface area contributed by atoms with Gasteiger partial charge in [0.05, 0.1) is 19.8 Å². The lowest BCUT2D eigenvalue weighted by Crippen LogP contribution is -2.40. The molecule has 0 saturated carbocycles. The number of aliphatic imine (C=N–C) groups is 1. The van der Waals surface area contributed by atoms with E-state index in [1.165, 1.54) is 5.56 Å². The quantitative estimate of drug-likeness (QED) is 0.398. The fourth-order valence-corrected chi connectivity index (χ4v) is 3.05. The van der Waals surface area contributed by atoms with E-state index in [2.05, 4.69) is 37.4 Å². The summed E-state index contributed by atoms with van der Waals surface area (Å²) in [6, 6.07) is 10.3. The number of nitrogens with one attached hydrogen (secondary N) is 1. The first-order valence-electron chi connectivity index (χ1n) is 8.66. The Hall–Kier alpha value is -1.68. The minimum Gasteiger partial charge on any atom is -0.376 e. The monoisotopic (exact) mass is 470 g/mol. The highest BCUT2D eigenvalue weighted by atomic mass is 127. The molecule has 1 N–H and O–H groups in total. The Kier molecular flexibility index (Phi) is 8.30. The molecule has 0 radical (unpaired) electrons. The molecular weight excluding hydrogens is 443 g/mol. The third-order valence-electron chi connectivity index (χ3n) is 4.47. The molecule has 2 heterocycles. The number of hydrogen-bond donors (Lipinski definition) is 1. The van der Waals surface area contributed by atoms with Crippen molar-refractivity contribution in [3.63, 3.8) is 0 Å². The van der Waals surface area contributed by atoms with Crippen molar-refractivity contribution in [2.24, 2.45) is 18.0 Å². The second-order valence-corrected chi connectivity index (χ2v) is 6.30. The maximum atomic E-state index is 5.89. The van der Waals surface area contributed by atoms with Crippen molar-refractivity contribution >= 4 is 29.9 Å². The molecule has 142 valence electrons. The van der Waals surface area contributed by atoms with Gasteiger partial charge in [-0.1, -0.05) is 30.3 Å². The average molecular weight is 470 g/mol. The normalized spacial score (nSPS) is 17.2. The Morgan fingerprint density at radius 1 is 1.35 bits per heavy atom. The van der Waals surface area contributed by atoms with Crippen molar-refractivity contribution in [3.05, 3.63) is 48.0 Å². The van der Waals surface area contributed by atoms with E-state index in [9.17, 15) is 0 Å². The number of guanidine groups is 1. The summed E-state index contributed by atoms with van der Waals surface area (Å²) in [5, 5.41) is 7.45. The number of ether oxygens (including phenoxy) is 1. The van der Waals surface area contributed by atoms with E-state index in [1.807, 2.05) is 32.3 Å². The van der Waals surface area contributed by atoms with E-state index in [1.54, 1.807) is 11.0 Å². The topological polar surface area (TPSA) is 67.6 Å². The van der Waals surface area contributed by atoms with Crippen LogP contribution in [0, 0.1) is 5.92 Å². The van der Waals surface area contributed by atoms with Crippen LogP contribution in [0.15, 0.2) is 41.7 Å². The van der Waals surface area contributed by atoms with Gasteiger partial charge in [-0.2, -0.15) is 5.10 Å². The summed E-state index contributed by atoms with van der Waals surface area (Å²) in [6.45, 7) is 4.04. The number of rotatable bonds is 6. The standard InChI is InChI=1S/C18H26N6O.HI/c1-19-18(20-10-17-21-14-22-23(17)2)24-9-8-16(11-24)13-25-12-15-6-4-3-5-7-15;/h3-7,14,16H,8-13H2,1-2H3,(H,19,20);1H. The van der Waals surface area contributed by atoms with E-state index >= 15 is 0 Å². The van der Waals surface area contributed by atoms with Crippen LogP contribution >= 0.6 is 24.0 Å². The number of benzene rings is 1. The number of aryl methyl sites for hydroxylation is 1. The maximum Gasteiger partial charge on any atom is 0.194 e. The highest BCUT2D eigenvalue weighted by Crippen LogP contribution is 2.17. The third-order valence-corrected chi connectivity index (χ3v) is 4.47. The molecule has 1 aromatic carbocycles. The molecule has 1 aliphatic rings. The fraction of sp³-hybridized carbons (Fsp3) is 0.500. The number of nitrogens with zero attached hydrogens (tertiary/aromatic N) is 5. The van der Waals surface area contributed by atoms with Gasteiger partial charge in [0.2, 0.25) is 0 Å². The molecule has 0 amide bonds. The Labute approximate surface area is 171 Å². The summed E-state index contributed by atoms with van der Waals surface area (Å²) in [7, 11) is 3.71. The molecule has 3 rings (SSSR count). The van der Waals surface area contributed by atoms with Gasteiger partial charge in [0.1, 0.15) is 12.2 Å². The predicted molar refractivity (Wildman–Crippen MR) is 112 cm³/mol. The summed E-state index contributed by atoms with van der Waals surface area (Å²) < 4.78 is 7.66. The van der Waals surface area contributed by atoms with Crippen LogP contribution in [0.4, 0.5) is 0 Å². The second kappa shape index (κ2) is 10.5. The molecule has 26 heavy (non-hydrogen) atoms. The number of hydrogen-bond acceptors (Lipinski definition) is 4. The maximum absolute atomic E-state index is 5.89. The zero-order valence-corrected chi connectivity index (χ0v) is 17.7.